The van der Waals surface area contributed by atoms with Gasteiger partial charge in [-0.1, -0.05) is 50.6 Å². The molecule has 0 aliphatic heterocycles. The summed E-state index contributed by atoms with van der Waals surface area (Å²) < 4.78 is 12.0. The molecular weight excluding hydrogens is 474 g/mol. The normalized spacial score (nSPS) is 22.6. The van der Waals surface area contributed by atoms with E-state index in [0.29, 0.717) is 5.92 Å². The first-order chi connectivity index (χ1) is 18.3. The molecule has 0 saturated heterocycles. The summed E-state index contributed by atoms with van der Waals surface area (Å²) in [5.41, 5.74) is 5.60. The van der Waals surface area contributed by atoms with Gasteiger partial charge in [-0.15, -0.1) is 0 Å². The number of ether oxygens (including phenoxy) is 2. The number of fused-ring (bicyclic) bond motifs is 4. The third-order valence-electron chi connectivity index (χ3n) is 8.81. The quantitative estimate of drug-likeness (QED) is 0.310. The van der Waals surface area contributed by atoms with E-state index in [-0.39, 0.29) is 17.8 Å². The van der Waals surface area contributed by atoms with Gasteiger partial charge in [0.05, 0.1) is 18.5 Å². The molecule has 6 nitrogen and oxygen atoms in total. The van der Waals surface area contributed by atoms with Crippen LogP contribution in [0.1, 0.15) is 86.7 Å². The Morgan fingerprint density at radius 1 is 1.16 bits per heavy atom. The van der Waals surface area contributed by atoms with Gasteiger partial charge in [-0.3, -0.25) is 4.79 Å². The van der Waals surface area contributed by atoms with Crippen LogP contribution >= 0.6 is 0 Å². The number of hydrogen-bond acceptors (Lipinski definition) is 5. The molecular formula is C32H43N3O3. The van der Waals surface area contributed by atoms with E-state index in [1.54, 1.807) is 7.11 Å². The number of carbonyl (C=O) groups excluding carboxylic acids is 1. The number of nitrogens with one attached hydrogen (secondary N) is 1. The van der Waals surface area contributed by atoms with Crippen molar-refractivity contribution in [1.29, 1.82) is 0 Å². The van der Waals surface area contributed by atoms with Gasteiger partial charge in [0.25, 0.3) is 0 Å². The number of aryl methyl sites for hydroxylation is 2. The second kappa shape index (κ2) is 11.1. The zero-order valence-electron chi connectivity index (χ0n) is 23.7. The number of aromatic amines is 1. The molecule has 2 aromatic carbocycles. The Morgan fingerprint density at radius 2 is 1.95 bits per heavy atom. The fraction of sp³-hybridized carbons (Fsp3) is 0.562. The minimum Gasteiger partial charge on any atom is -0.494 e. The first-order valence-electron chi connectivity index (χ1n) is 14.3. The van der Waals surface area contributed by atoms with Crippen LogP contribution in [0.15, 0.2) is 36.4 Å². The molecule has 0 unspecified atom stereocenters. The lowest BCUT2D eigenvalue weighted by Gasteiger charge is -2.46. The lowest BCUT2D eigenvalue weighted by Crippen LogP contribution is -2.47. The Bertz CT molecular complexity index is 1280. The molecule has 0 amide bonds. The van der Waals surface area contributed by atoms with E-state index in [1.807, 2.05) is 19.9 Å². The largest absolute Gasteiger partial charge is 0.494 e. The summed E-state index contributed by atoms with van der Waals surface area (Å²) in [5.74, 6) is 2.41. The van der Waals surface area contributed by atoms with Crippen LogP contribution < -0.4 is 4.74 Å². The van der Waals surface area contributed by atoms with Gasteiger partial charge in [0.15, 0.2) is 0 Å². The van der Waals surface area contributed by atoms with E-state index in [9.17, 15) is 4.79 Å². The van der Waals surface area contributed by atoms with Crippen LogP contribution in [-0.4, -0.2) is 53.7 Å². The fourth-order valence-corrected chi connectivity index (χ4v) is 6.70. The maximum Gasteiger partial charge on any atom is 0.308 e. The fourth-order valence-electron chi connectivity index (χ4n) is 6.70. The molecule has 3 aliphatic rings. The number of nitrogens with zero attached hydrogens (tertiary/aromatic N) is 2. The molecule has 1 saturated carbocycles. The SMILES string of the molecule is COc1ccc(C)c2nc(CCCN(C)CC[C@]3(OC(=O)C(C)C)C[C@H]4CCC[C@@H]3c3ccccc34)[nH]c12. The zero-order valence-corrected chi connectivity index (χ0v) is 23.7. The number of imidazole rings is 1. The molecule has 1 heterocycles. The maximum atomic E-state index is 13.0. The number of methoxy groups -OCH3 is 1. The monoisotopic (exact) mass is 517 g/mol. The van der Waals surface area contributed by atoms with E-state index in [0.717, 1.165) is 73.4 Å². The van der Waals surface area contributed by atoms with Crippen LogP contribution in [-0.2, 0) is 16.0 Å². The second-order valence-electron chi connectivity index (χ2n) is 11.8. The highest BCUT2D eigenvalue weighted by molar-refractivity contribution is 5.84. The van der Waals surface area contributed by atoms with Gasteiger partial charge < -0.3 is 19.4 Å². The van der Waals surface area contributed by atoms with Crippen molar-refractivity contribution in [2.75, 3.05) is 27.2 Å². The maximum absolute atomic E-state index is 13.0. The number of H-pyrrole nitrogens is 1. The Labute approximate surface area is 227 Å². The third kappa shape index (κ3) is 5.20. The van der Waals surface area contributed by atoms with Crippen LogP contribution in [0.2, 0.25) is 0 Å². The first kappa shape index (κ1) is 26.7. The van der Waals surface area contributed by atoms with Crippen molar-refractivity contribution in [1.82, 2.24) is 14.9 Å². The van der Waals surface area contributed by atoms with E-state index < -0.39 is 5.60 Å². The van der Waals surface area contributed by atoms with E-state index in [4.69, 9.17) is 14.5 Å². The molecule has 2 bridgehead atoms. The Morgan fingerprint density at radius 3 is 2.71 bits per heavy atom. The van der Waals surface area contributed by atoms with Crippen molar-refractivity contribution < 1.29 is 14.3 Å². The van der Waals surface area contributed by atoms with E-state index >= 15 is 0 Å². The average Bonchev–Trinajstić information content (AvgIpc) is 3.15. The van der Waals surface area contributed by atoms with Crippen molar-refractivity contribution in [3.05, 3.63) is 58.9 Å². The summed E-state index contributed by atoms with van der Waals surface area (Å²) in [5, 5.41) is 0. The summed E-state index contributed by atoms with van der Waals surface area (Å²) in [6, 6.07) is 12.9. The summed E-state index contributed by atoms with van der Waals surface area (Å²) in [6.07, 6.45) is 7.18. The van der Waals surface area contributed by atoms with Gasteiger partial charge in [0.2, 0.25) is 0 Å². The summed E-state index contributed by atoms with van der Waals surface area (Å²) in [7, 11) is 3.89. The van der Waals surface area contributed by atoms with Crippen LogP contribution in [0.5, 0.6) is 5.75 Å². The third-order valence-corrected chi connectivity index (χ3v) is 8.81. The van der Waals surface area contributed by atoms with Crippen molar-refractivity contribution in [3.63, 3.8) is 0 Å². The molecule has 3 atom stereocenters. The standard InChI is InChI=1S/C32H43N3O3/c1-21(2)31(36)38-32(20-23-10-8-13-26(32)25-12-7-6-11-24(23)25)17-19-35(4)18-9-14-28-33-29-22(3)15-16-27(37-5)30(29)34-28/h6-7,11-12,15-16,21,23,26H,8-10,13-14,17-20H2,1-5H3,(H,33,34)/t23-,26-,32+/m1/s1. The molecule has 0 radical (unpaired) electrons. The zero-order chi connectivity index (χ0) is 26.9. The number of carbonyl (C=O) groups is 1. The minimum atomic E-state index is -0.419. The molecule has 38 heavy (non-hydrogen) atoms. The van der Waals surface area contributed by atoms with Crippen LogP contribution in [0.3, 0.4) is 0 Å². The second-order valence-corrected chi connectivity index (χ2v) is 11.8. The van der Waals surface area contributed by atoms with Gasteiger partial charge in [-0.2, -0.15) is 0 Å². The van der Waals surface area contributed by atoms with Crippen molar-refractivity contribution in [2.45, 2.75) is 83.2 Å². The predicted octanol–water partition coefficient (Wildman–Crippen LogP) is 6.53. The Kier molecular flexibility index (Phi) is 7.80. The van der Waals surface area contributed by atoms with Gasteiger partial charge in [0.1, 0.15) is 22.7 Å². The smallest absolute Gasteiger partial charge is 0.308 e. The van der Waals surface area contributed by atoms with Crippen LogP contribution in [0.25, 0.3) is 11.0 Å². The molecule has 6 rings (SSSR count). The molecule has 0 spiro atoms. The Hall–Kier alpha value is -2.86. The molecule has 6 heteroatoms. The lowest BCUT2D eigenvalue weighted by molar-refractivity contribution is -0.170. The topological polar surface area (TPSA) is 67.5 Å². The highest BCUT2D eigenvalue weighted by Gasteiger charge is 2.50. The van der Waals surface area contributed by atoms with Gasteiger partial charge in [-0.25, -0.2) is 4.98 Å². The van der Waals surface area contributed by atoms with Crippen molar-refractivity contribution in [3.8, 4) is 5.75 Å². The molecule has 204 valence electrons. The van der Waals surface area contributed by atoms with E-state index in [2.05, 4.69) is 54.2 Å². The predicted molar refractivity (Wildman–Crippen MR) is 152 cm³/mol. The first-order valence-corrected chi connectivity index (χ1v) is 14.3. The minimum absolute atomic E-state index is 0.0618. The molecule has 3 aliphatic carbocycles. The number of rotatable bonds is 10. The molecule has 3 aromatic rings. The van der Waals surface area contributed by atoms with Gasteiger partial charge in [0, 0.05) is 25.3 Å². The number of benzene rings is 2. The lowest BCUT2D eigenvalue weighted by atomic mass is 9.67. The van der Waals surface area contributed by atoms with Crippen LogP contribution in [0, 0.1) is 12.8 Å². The van der Waals surface area contributed by atoms with Gasteiger partial charge >= 0.3 is 5.97 Å². The summed E-state index contributed by atoms with van der Waals surface area (Å²) in [6.45, 7) is 7.84. The van der Waals surface area contributed by atoms with Gasteiger partial charge in [-0.05, 0) is 74.9 Å². The highest BCUT2D eigenvalue weighted by Crippen LogP contribution is 2.55. The van der Waals surface area contributed by atoms with Crippen molar-refractivity contribution >= 4 is 17.0 Å². The number of hydrogen-bond donors (Lipinski definition) is 1. The highest BCUT2D eigenvalue weighted by atomic mass is 16.6. The Balaban J connectivity index is 1.26. The summed E-state index contributed by atoms with van der Waals surface area (Å²) in [4.78, 5) is 23.7. The number of aromatic nitrogens is 2. The van der Waals surface area contributed by atoms with E-state index in [1.165, 1.54) is 24.0 Å². The number of esters is 1. The molecule has 1 aromatic heterocycles. The molecule has 1 N–H and O–H groups in total. The summed E-state index contributed by atoms with van der Waals surface area (Å²) >= 11 is 0. The van der Waals surface area contributed by atoms with Crippen LogP contribution in [0.4, 0.5) is 0 Å². The average molecular weight is 518 g/mol. The molecule has 1 fully saturated rings. The van der Waals surface area contributed by atoms with Crippen molar-refractivity contribution in [2.24, 2.45) is 5.92 Å².